The van der Waals surface area contributed by atoms with Crippen LogP contribution in [-0.4, -0.2) is 87.9 Å². The highest BCUT2D eigenvalue weighted by atomic mass is 16.4. The third-order valence-electron chi connectivity index (χ3n) is 5.43. The van der Waals surface area contributed by atoms with Crippen molar-refractivity contribution in [3.63, 3.8) is 0 Å². The highest BCUT2D eigenvalue weighted by molar-refractivity contribution is 5.95. The molecular weight excluding hydrogens is 452 g/mol. The number of hydrogen-bond acceptors (Lipinski definition) is 8. The minimum atomic E-state index is -1.67. The number of aliphatic carboxylic acids is 2. The van der Waals surface area contributed by atoms with Crippen molar-refractivity contribution in [3.8, 4) is 0 Å². The lowest BCUT2D eigenvalue weighted by Crippen LogP contribution is -2.57. The summed E-state index contributed by atoms with van der Waals surface area (Å²) in [5.74, 6) is -5.70. The number of carboxylic acid groups (broad SMARTS) is 2. The number of nitrogens with two attached hydrogens (primary N) is 3. The van der Waals surface area contributed by atoms with E-state index in [2.05, 4.69) is 10.6 Å². The van der Waals surface area contributed by atoms with Gasteiger partial charge >= 0.3 is 11.9 Å². The SMILES string of the molecule is NCCCCC(N)C(=O)NC(CCC(N)=O)C(=O)N1CCCC1C(=O)NC(CC(=O)O)C(=O)O. The molecule has 0 aromatic carbocycles. The Hall–Kier alpha value is -3.26. The molecule has 192 valence electrons. The Morgan fingerprint density at radius 2 is 1.68 bits per heavy atom. The summed E-state index contributed by atoms with van der Waals surface area (Å²) < 4.78 is 0. The van der Waals surface area contributed by atoms with Gasteiger partial charge in [0.25, 0.3) is 0 Å². The van der Waals surface area contributed by atoms with Crippen molar-refractivity contribution < 1.29 is 39.0 Å². The van der Waals surface area contributed by atoms with Crippen molar-refractivity contribution in [1.29, 1.82) is 0 Å². The molecule has 4 amide bonds. The zero-order valence-electron chi connectivity index (χ0n) is 18.9. The Kier molecular flexibility index (Phi) is 11.9. The van der Waals surface area contributed by atoms with Crippen molar-refractivity contribution in [2.24, 2.45) is 17.2 Å². The largest absolute Gasteiger partial charge is 0.481 e. The van der Waals surface area contributed by atoms with Crippen LogP contribution in [0.1, 0.15) is 51.4 Å². The van der Waals surface area contributed by atoms with Crippen LogP contribution in [0.2, 0.25) is 0 Å². The second-order valence-electron chi connectivity index (χ2n) is 8.14. The quantitative estimate of drug-likeness (QED) is 0.117. The number of primary amides is 1. The van der Waals surface area contributed by atoms with Crippen LogP contribution in [0.3, 0.4) is 0 Å². The summed E-state index contributed by atoms with van der Waals surface area (Å²) in [6.07, 6.45) is 1.12. The number of nitrogens with one attached hydrogen (secondary N) is 2. The minimum absolute atomic E-state index is 0.114. The summed E-state index contributed by atoms with van der Waals surface area (Å²) in [6, 6.07) is -4.81. The molecule has 0 aliphatic carbocycles. The zero-order chi connectivity index (χ0) is 25.8. The molecule has 1 heterocycles. The van der Waals surface area contributed by atoms with Crippen molar-refractivity contribution in [2.45, 2.75) is 75.5 Å². The van der Waals surface area contributed by atoms with E-state index in [-0.39, 0.29) is 25.8 Å². The third-order valence-corrected chi connectivity index (χ3v) is 5.43. The number of carbonyl (C=O) groups excluding carboxylic acids is 4. The van der Waals surface area contributed by atoms with Gasteiger partial charge in [0.05, 0.1) is 12.5 Å². The van der Waals surface area contributed by atoms with Gasteiger partial charge in [0, 0.05) is 13.0 Å². The topological polar surface area (TPSA) is 248 Å². The van der Waals surface area contributed by atoms with Gasteiger partial charge < -0.3 is 42.9 Å². The Morgan fingerprint density at radius 1 is 1.00 bits per heavy atom. The van der Waals surface area contributed by atoms with E-state index in [0.29, 0.717) is 32.2 Å². The van der Waals surface area contributed by atoms with Crippen molar-refractivity contribution in [1.82, 2.24) is 15.5 Å². The van der Waals surface area contributed by atoms with E-state index >= 15 is 0 Å². The van der Waals surface area contributed by atoms with Gasteiger partial charge in [-0.05, 0) is 38.6 Å². The first-order valence-corrected chi connectivity index (χ1v) is 11.1. The summed E-state index contributed by atoms with van der Waals surface area (Å²) in [5.41, 5.74) is 16.5. The highest BCUT2D eigenvalue weighted by Gasteiger charge is 2.39. The number of unbranched alkanes of at least 4 members (excludes halogenated alkanes) is 1. The monoisotopic (exact) mass is 486 g/mol. The van der Waals surface area contributed by atoms with Gasteiger partial charge in [-0.3, -0.25) is 24.0 Å². The molecule has 1 saturated heterocycles. The molecule has 10 N–H and O–H groups in total. The predicted molar refractivity (Wildman–Crippen MR) is 118 cm³/mol. The smallest absolute Gasteiger partial charge is 0.326 e. The van der Waals surface area contributed by atoms with E-state index in [1.807, 2.05) is 0 Å². The average Bonchev–Trinajstić information content (AvgIpc) is 3.25. The molecule has 14 heteroatoms. The first-order chi connectivity index (χ1) is 16.0. The lowest BCUT2D eigenvalue weighted by molar-refractivity contribution is -0.148. The van der Waals surface area contributed by atoms with Crippen LogP contribution in [0.25, 0.3) is 0 Å². The molecule has 1 aliphatic heterocycles. The van der Waals surface area contributed by atoms with Crippen molar-refractivity contribution >= 4 is 35.6 Å². The first kappa shape index (κ1) is 28.8. The molecule has 1 fully saturated rings. The van der Waals surface area contributed by atoms with Crippen LogP contribution in [0.15, 0.2) is 0 Å². The maximum atomic E-state index is 13.2. The minimum Gasteiger partial charge on any atom is -0.481 e. The lowest BCUT2D eigenvalue weighted by Gasteiger charge is -2.29. The first-order valence-electron chi connectivity index (χ1n) is 11.1. The molecule has 14 nitrogen and oxygen atoms in total. The maximum Gasteiger partial charge on any atom is 0.326 e. The molecule has 4 atom stereocenters. The van der Waals surface area contributed by atoms with E-state index in [9.17, 15) is 28.8 Å². The molecule has 1 rings (SSSR count). The number of carboxylic acids is 2. The summed E-state index contributed by atoms with van der Waals surface area (Å²) >= 11 is 0. The van der Waals surface area contributed by atoms with E-state index in [1.54, 1.807) is 0 Å². The fourth-order valence-electron chi connectivity index (χ4n) is 3.61. The van der Waals surface area contributed by atoms with E-state index in [4.69, 9.17) is 27.4 Å². The standard InChI is InChI=1S/C20H34N6O8/c21-8-2-1-4-11(22)17(30)24-12(6-7-15(23)27)19(32)26-9-3-5-14(26)18(31)25-13(20(33)34)10-16(28)29/h11-14H,1-10,21-22H2,(H2,23,27)(H,24,30)(H,25,31)(H,28,29)(H,33,34). The third kappa shape index (κ3) is 9.31. The Balaban J connectivity index is 2.94. The highest BCUT2D eigenvalue weighted by Crippen LogP contribution is 2.20. The Labute approximate surface area is 196 Å². The number of rotatable bonds is 15. The average molecular weight is 487 g/mol. The molecule has 34 heavy (non-hydrogen) atoms. The molecule has 0 radical (unpaired) electrons. The Bertz CT molecular complexity index is 776. The van der Waals surface area contributed by atoms with Crippen LogP contribution in [0.4, 0.5) is 0 Å². The van der Waals surface area contributed by atoms with Crippen LogP contribution in [-0.2, 0) is 28.8 Å². The molecule has 0 aromatic rings. The number of likely N-dealkylation sites (tertiary alicyclic amines) is 1. The van der Waals surface area contributed by atoms with Gasteiger partial charge in [0.2, 0.25) is 23.6 Å². The summed E-state index contributed by atoms with van der Waals surface area (Å²) in [7, 11) is 0. The van der Waals surface area contributed by atoms with E-state index in [1.165, 1.54) is 4.90 Å². The van der Waals surface area contributed by atoms with Gasteiger partial charge in [-0.2, -0.15) is 0 Å². The molecule has 0 saturated carbocycles. The number of nitrogens with zero attached hydrogens (tertiary/aromatic N) is 1. The molecular formula is C20H34N6O8. The summed E-state index contributed by atoms with van der Waals surface area (Å²) in [6.45, 7) is 0.598. The summed E-state index contributed by atoms with van der Waals surface area (Å²) in [4.78, 5) is 73.0. The molecule has 0 spiro atoms. The van der Waals surface area contributed by atoms with Gasteiger partial charge in [-0.25, -0.2) is 4.79 Å². The number of amides is 4. The normalized spacial score (nSPS) is 17.9. The van der Waals surface area contributed by atoms with Gasteiger partial charge in [-0.1, -0.05) is 6.42 Å². The maximum absolute atomic E-state index is 13.2. The van der Waals surface area contributed by atoms with Gasteiger partial charge in [-0.15, -0.1) is 0 Å². The second-order valence-corrected chi connectivity index (χ2v) is 8.14. The van der Waals surface area contributed by atoms with Crippen LogP contribution in [0.5, 0.6) is 0 Å². The Morgan fingerprint density at radius 3 is 2.24 bits per heavy atom. The van der Waals surface area contributed by atoms with Crippen molar-refractivity contribution in [2.75, 3.05) is 13.1 Å². The van der Waals surface area contributed by atoms with Gasteiger partial charge in [0.15, 0.2) is 0 Å². The van der Waals surface area contributed by atoms with Crippen LogP contribution in [0, 0.1) is 0 Å². The zero-order valence-corrected chi connectivity index (χ0v) is 18.9. The van der Waals surface area contributed by atoms with Crippen LogP contribution >= 0.6 is 0 Å². The van der Waals surface area contributed by atoms with Crippen LogP contribution < -0.4 is 27.8 Å². The predicted octanol–water partition coefficient (Wildman–Crippen LogP) is -2.77. The number of hydrogen-bond donors (Lipinski definition) is 7. The lowest BCUT2D eigenvalue weighted by atomic mass is 10.1. The fraction of sp³-hybridized carbons (Fsp3) is 0.700. The van der Waals surface area contributed by atoms with E-state index in [0.717, 1.165) is 0 Å². The number of carbonyl (C=O) groups is 6. The molecule has 0 bridgehead atoms. The summed E-state index contributed by atoms with van der Waals surface area (Å²) in [5, 5.41) is 22.7. The van der Waals surface area contributed by atoms with E-state index < -0.39 is 66.2 Å². The molecule has 1 aliphatic rings. The fourth-order valence-corrected chi connectivity index (χ4v) is 3.61. The van der Waals surface area contributed by atoms with Crippen molar-refractivity contribution in [3.05, 3.63) is 0 Å². The molecule has 4 unspecified atom stereocenters. The molecule has 0 aromatic heterocycles. The second kappa shape index (κ2) is 14.1. The van der Waals surface area contributed by atoms with Gasteiger partial charge in [0.1, 0.15) is 18.1 Å².